The zero-order valence-corrected chi connectivity index (χ0v) is 11.2. The van der Waals surface area contributed by atoms with Gasteiger partial charge in [-0.1, -0.05) is 6.08 Å². The topological polar surface area (TPSA) is 35.5 Å². The Morgan fingerprint density at radius 2 is 1.88 bits per heavy atom. The molecule has 0 aliphatic heterocycles. The summed E-state index contributed by atoms with van der Waals surface area (Å²) < 4.78 is 11.0. The standard InChI is InChI=1S/C14H24O3/c1-5-10-16-12-8-6-11(7-9-12)13(15)17-14(2,3)4/h5,11-12H,1,6-10H2,2-4H3. The van der Waals surface area contributed by atoms with Crippen LogP contribution < -0.4 is 0 Å². The second-order valence-electron chi connectivity index (χ2n) is 5.63. The molecule has 1 rings (SSSR count). The molecule has 0 unspecified atom stereocenters. The van der Waals surface area contributed by atoms with Crippen molar-refractivity contribution in [3.8, 4) is 0 Å². The molecule has 1 aliphatic carbocycles. The van der Waals surface area contributed by atoms with Crippen LogP contribution in [-0.4, -0.2) is 24.3 Å². The minimum absolute atomic E-state index is 0.0535. The highest BCUT2D eigenvalue weighted by molar-refractivity contribution is 5.72. The van der Waals surface area contributed by atoms with Gasteiger partial charge in [0.15, 0.2) is 0 Å². The molecule has 0 heterocycles. The van der Waals surface area contributed by atoms with Gasteiger partial charge in [0.25, 0.3) is 0 Å². The van der Waals surface area contributed by atoms with Crippen molar-refractivity contribution in [2.45, 2.75) is 58.2 Å². The van der Waals surface area contributed by atoms with E-state index >= 15 is 0 Å². The first-order chi connectivity index (χ1) is 7.92. The van der Waals surface area contributed by atoms with E-state index < -0.39 is 0 Å². The quantitative estimate of drug-likeness (QED) is 0.559. The molecule has 17 heavy (non-hydrogen) atoms. The Bertz CT molecular complexity index is 257. The SMILES string of the molecule is C=CCOC1CCC(C(=O)OC(C)(C)C)CC1. The summed E-state index contributed by atoms with van der Waals surface area (Å²) in [6.07, 6.45) is 5.68. The van der Waals surface area contributed by atoms with Crippen molar-refractivity contribution in [3.05, 3.63) is 12.7 Å². The summed E-state index contributed by atoms with van der Waals surface area (Å²) in [5.74, 6) is -0.00234. The van der Waals surface area contributed by atoms with Gasteiger partial charge in [0, 0.05) is 0 Å². The van der Waals surface area contributed by atoms with E-state index in [0.29, 0.717) is 6.61 Å². The number of carbonyl (C=O) groups excluding carboxylic acids is 1. The summed E-state index contributed by atoms with van der Waals surface area (Å²) in [6, 6.07) is 0. The van der Waals surface area contributed by atoms with Gasteiger partial charge >= 0.3 is 5.97 Å². The number of carbonyl (C=O) groups is 1. The van der Waals surface area contributed by atoms with E-state index in [4.69, 9.17) is 9.47 Å². The molecule has 3 heteroatoms. The first kappa shape index (κ1) is 14.2. The molecule has 0 atom stereocenters. The van der Waals surface area contributed by atoms with Gasteiger partial charge in [-0.15, -0.1) is 6.58 Å². The van der Waals surface area contributed by atoms with Crippen molar-refractivity contribution in [2.75, 3.05) is 6.61 Å². The van der Waals surface area contributed by atoms with Crippen LogP contribution in [0.1, 0.15) is 46.5 Å². The molecule has 0 N–H and O–H groups in total. The van der Waals surface area contributed by atoms with E-state index in [2.05, 4.69) is 6.58 Å². The molecule has 0 aromatic heterocycles. The van der Waals surface area contributed by atoms with Crippen LogP contribution in [0, 0.1) is 5.92 Å². The Morgan fingerprint density at radius 1 is 1.29 bits per heavy atom. The third-order valence-electron chi connectivity index (χ3n) is 2.86. The third kappa shape index (κ3) is 5.35. The van der Waals surface area contributed by atoms with Crippen LogP contribution in [-0.2, 0) is 14.3 Å². The van der Waals surface area contributed by atoms with Crippen molar-refractivity contribution in [1.29, 1.82) is 0 Å². The van der Waals surface area contributed by atoms with Gasteiger partial charge in [-0.2, -0.15) is 0 Å². The fourth-order valence-corrected chi connectivity index (χ4v) is 2.05. The maximum absolute atomic E-state index is 11.9. The first-order valence-electron chi connectivity index (χ1n) is 6.37. The lowest BCUT2D eigenvalue weighted by Gasteiger charge is -2.29. The van der Waals surface area contributed by atoms with E-state index in [9.17, 15) is 4.79 Å². The Hall–Kier alpha value is -0.830. The van der Waals surface area contributed by atoms with Crippen molar-refractivity contribution in [1.82, 2.24) is 0 Å². The Labute approximate surface area is 104 Å². The lowest BCUT2D eigenvalue weighted by Crippen LogP contribution is -2.32. The third-order valence-corrected chi connectivity index (χ3v) is 2.86. The number of hydrogen-bond donors (Lipinski definition) is 0. The van der Waals surface area contributed by atoms with Gasteiger partial charge in [0.2, 0.25) is 0 Å². The van der Waals surface area contributed by atoms with Crippen LogP contribution in [0.25, 0.3) is 0 Å². The molecule has 1 aliphatic rings. The molecule has 0 radical (unpaired) electrons. The normalized spacial score (nSPS) is 25.4. The highest BCUT2D eigenvalue weighted by atomic mass is 16.6. The molecule has 0 saturated heterocycles. The van der Waals surface area contributed by atoms with Gasteiger partial charge in [0.1, 0.15) is 5.60 Å². The molecule has 98 valence electrons. The Balaban J connectivity index is 2.31. The highest BCUT2D eigenvalue weighted by Gasteiger charge is 2.29. The minimum Gasteiger partial charge on any atom is -0.460 e. The molecule has 0 bridgehead atoms. The van der Waals surface area contributed by atoms with Crippen LogP contribution in [0.4, 0.5) is 0 Å². The van der Waals surface area contributed by atoms with Gasteiger partial charge in [-0.3, -0.25) is 4.79 Å². The van der Waals surface area contributed by atoms with Crippen LogP contribution in [0.15, 0.2) is 12.7 Å². The number of esters is 1. The molecule has 1 saturated carbocycles. The summed E-state index contributed by atoms with van der Waals surface area (Å²) in [7, 11) is 0. The number of rotatable bonds is 4. The fourth-order valence-electron chi connectivity index (χ4n) is 2.05. The van der Waals surface area contributed by atoms with E-state index in [-0.39, 0.29) is 23.6 Å². The smallest absolute Gasteiger partial charge is 0.309 e. The second kappa shape index (κ2) is 6.20. The predicted octanol–water partition coefficient (Wildman–Crippen LogP) is 3.09. The van der Waals surface area contributed by atoms with E-state index in [1.807, 2.05) is 20.8 Å². The van der Waals surface area contributed by atoms with Crippen LogP contribution in [0.2, 0.25) is 0 Å². The molecular formula is C14H24O3. The lowest BCUT2D eigenvalue weighted by atomic mass is 9.87. The molecule has 1 fully saturated rings. The van der Waals surface area contributed by atoms with E-state index in [1.165, 1.54) is 0 Å². The zero-order chi connectivity index (χ0) is 12.9. The fraction of sp³-hybridized carbons (Fsp3) is 0.786. The predicted molar refractivity (Wildman–Crippen MR) is 67.7 cm³/mol. The minimum atomic E-state index is -0.382. The summed E-state index contributed by atoms with van der Waals surface area (Å²) >= 11 is 0. The molecule has 0 aromatic carbocycles. The van der Waals surface area contributed by atoms with Crippen LogP contribution in [0.3, 0.4) is 0 Å². The largest absolute Gasteiger partial charge is 0.460 e. The Morgan fingerprint density at radius 3 is 2.35 bits per heavy atom. The van der Waals surface area contributed by atoms with Crippen molar-refractivity contribution < 1.29 is 14.3 Å². The maximum Gasteiger partial charge on any atom is 0.309 e. The lowest BCUT2D eigenvalue weighted by molar-refractivity contribution is -0.162. The van der Waals surface area contributed by atoms with Gasteiger partial charge < -0.3 is 9.47 Å². The van der Waals surface area contributed by atoms with Crippen molar-refractivity contribution in [3.63, 3.8) is 0 Å². The maximum atomic E-state index is 11.9. The van der Waals surface area contributed by atoms with Crippen LogP contribution in [0.5, 0.6) is 0 Å². The van der Waals surface area contributed by atoms with Gasteiger partial charge in [0.05, 0.1) is 18.6 Å². The van der Waals surface area contributed by atoms with Gasteiger partial charge in [-0.25, -0.2) is 0 Å². The summed E-state index contributed by atoms with van der Waals surface area (Å²) in [6.45, 7) is 9.95. The zero-order valence-electron chi connectivity index (χ0n) is 11.2. The molecule has 0 spiro atoms. The van der Waals surface area contributed by atoms with Crippen molar-refractivity contribution in [2.24, 2.45) is 5.92 Å². The monoisotopic (exact) mass is 240 g/mol. The van der Waals surface area contributed by atoms with Crippen LogP contribution >= 0.6 is 0 Å². The van der Waals surface area contributed by atoms with E-state index in [0.717, 1.165) is 25.7 Å². The summed E-state index contributed by atoms with van der Waals surface area (Å²) in [5, 5.41) is 0. The first-order valence-corrected chi connectivity index (χ1v) is 6.37. The van der Waals surface area contributed by atoms with E-state index in [1.54, 1.807) is 6.08 Å². The molecule has 0 amide bonds. The number of ether oxygens (including phenoxy) is 2. The average Bonchev–Trinajstić information content (AvgIpc) is 2.24. The molecule has 0 aromatic rings. The van der Waals surface area contributed by atoms with Gasteiger partial charge in [-0.05, 0) is 46.5 Å². The molecular weight excluding hydrogens is 216 g/mol. The summed E-state index contributed by atoms with van der Waals surface area (Å²) in [4.78, 5) is 11.9. The molecule has 3 nitrogen and oxygen atoms in total. The average molecular weight is 240 g/mol. The Kier molecular flexibility index (Phi) is 5.19. The summed E-state index contributed by atoms with van der Waals surface area (Å²) in [5.41, 5.74) is -0.382. The highest BCUT2D eigenvalue weighted by Crippen LogP contribution is 2.28. The number of hydrogen-bond acceptors (Lipinski definition) is 3. The van der Waals surface area contributed by atoms with Crippen molar-refractivity contribution >= 4 is 5.97 Å². The second-order valence-corrected chi connectivity index (χ2v) is 5.63.